The van der Waals surface area contributed by atoms with Crippen molar-refractivity contribution in [1.29, 1.82) is 0 Å². The molecule has 2 fully saturated rings. The van der Waals surface area contributed by atoms with Gasteiger partial charge in [0.25, 0.3) is 0 Å². The molecule has 1 aromatic rings. The topological polar surface area (TPSA) is 32.3 Å². The van der Waals surface area contributed by atoms with Crippen LogP contribution in [0.1, 0.15) is 17.5 Å². The largest absolute Gasteiger partial charge is 0.341 e. The van der Waals surface area contributed by atoms with Crippen LogP contribution in [-0.2, 0) is 17.8 Å². The summed E-state index contributed by atoms with van der Waals surface area (Å²) in [7, 11) is 0. The number of benzene rings is 1. The lowest BCUT2D eigenvalue weighted by Gasteiger charge is -2.29. The fourth-order valence-electron chi connectivity index (χ4n) is 3.43. The first-order valence-corrected chi connectivity index (χ1v) is 6.90. The maximum Gasteiger partial charge on any atom is 0.240 e. The van der Waals surface area contributed by atoms with E-state index >= 15 is 0 Å². The number of nitrogens with zero attached hydrogens (tertiary/aromatic N) is 1. The molecule has 1 aromatic carbocycles. The van der Waals surface area contributed by atoms with Crippen LogP contribution in [0.15, 0.2) is 24.3 Å². The normalized spacial score (nSPS) is 32.9. The molecule has 0 spiro atoms. The second-order valence-electron chi connectivity index (χ2n) is 5.91. The van der Waals surface area contributed by atoms with Crippen LogP contribution < -0.4 is 5.32 Å². The van der Waals surface area contributed by atoms with Crippen molar-refractivity contribution < 1.29 is 4.79 Å². The Morgan fingerprint density at radius 1 is 1.17 bits per heavy atom. The smallest absolute Gasteiger partial charge is 0.240 e. The zero-order valence-corrected chi connectivity index (χ0v) is 10.4. The molecule has 2 heterocycles. The summed E-state index contributed by atoms with van der Waals surface area (Å²) in [6.07, 6.45) is 2.20. The van der Waals surface area contributed by atoms with Crippen molar-refractivity contribution in [3.63, 3.8) is 0 Å². The number of likely N-dealkylation sites (tertiary alicyclic amines) is 1. The molecule has 3 heteroatoms. The molecule has 0 aromatic heterocycles. The lowest BCUT2D eigenvalue weighted by molar-refractivity contribution is -0.133. The van der Waals surface area contributed by atoms with E-state index in [0.29, 0.717) is 5.91 Å². The van der Waals surface area contributed by atoms with Crippen molar-refractivity contribution in [3.05, 3.63) is 35.4 Å². The number of rotatable bonds is 1. The molecule has 4 rings (SSSR count). The van der Waals surface area contributed by atoms with Gasteiger partial charge in [0.15, 0.2) is 0 Å². The lowest BCUT2D eigenvalue weighted by atomic mass is 9.95. The molecule has 94 valence electrons. The SMILES string of the molecule is O=C([C@@H]1Cc2ccccc2CN1)N1C[C@H]2C[C@H]2C1. The van der Waals surface area contributed by atoms with Gasteiger partial charge in [-0.15, -0.1) is 0 Å². The molecule has 2 aliphatic heterocycles. The molecular formula is C15H18N2O. The predicted octanol–water partition coefficient (Wildman–Crippen LogP) is 1.18. The summed E-state index contributed by atoms with van der Waals surface area (Å²) in [6.45, 7) is 2.83. The third kappa shape index (κ3) is 1.65. The Labute approximate surface area is 107 Å². The van der Waals surface area contributed by atoms with Gasteiger partial charge in [-0.05, 0) is 35.8 Å². The molecule has 3 nitrogen and oxygen atoms in total. The summed E-state index contributed by atoms with van der Waals surface area (Å²) >= 11 is 0. The Balaban J connectivity index is 1.48. The van der Waals surface area contributed by atoms with E-state index in [9.17, 15) is 4.79 Å². The highest BCUT2D eigenvalue weighted by Crippen LogP contribution is 2.45. The van der Waals surface area contributed by atoms with Crippen molar-refractivity contribution in [2.75, 3.05) is 13.1 Å². The van der Waals surface area contributed by atoms with Crippen molar-refractivity contribution >= 4 is 5.91 Å². The second-order valence-corrected chi connectivity index (χ2v) is 5.91. The Morgan fingerprint density at radius 3 is 2.67 bits per heavy atom. The van der Waals surface area contributed by atoms with Crippen LogP contribution in [0.4, 0.5) is 0 Å². The molecule has 1 aliphatic carbocycles. The molecule has 1 saturated carbocycles. The highest BCUT2D eigenvalue weighted by molar-refractivity contribution is 5.83. The van der Waals surface area contributed by atoms with Gasteiger partial charge in [0.1, 0.15) is 0 Å². The van der Waals surface area contributed by atoms with Gasteiger partial charge in [0.2, 0.25) is 5.91 Å². The Kier molecular flexibility index (Phi) is 2.24. The molecule has 0 unspecified atom stereocenters. The van der Waals surface area contributed by atoms with Crippen LogP contribution in [0.25, 0.3) is 0 Å². The molecule has 1 N–H and O–H groups in total. The van der Waals surface area contributed by atoms with Gasteiger partial charge >= 0.3 is 0 Å². The molecule has 0 radical (unpaired) electrons. The van der Waals surface area contributed by atoms with E-state index < -0.39 is 0 Å². The van der Waals surface area contributed by atoms with Crippen molar-refractivity contribution in [2.24, 2.45) is 11.8 Å². The van der Waals surface area contributed by atoms with E-state index in [-0.39, 0.29) is 6.04 Å². The highest BCUT2D eigenvalue weighted by Gasteiger charge is 2.47. The number of piperidine rings is 1. The summed E-state index contributed by atoms with van der Waals surface area (Å²) in [6, 6.07) is 8.43. The van der Waals surface area contributed by atoms with Crippen LogP contribution >= 0.6 is 0 Å². The molecule has 1 amide bonds. The predicted molar refractivity (Wildman–Crippen MR) is 69.0 cm³/mol. The average Bonchev–Trinajstić information content (AvgIpc) is 3.04. The van der Waals surface area contributed by atoms with Gasteiger partial charge in [-0.1, -0.05) is 24.3 Å². The first kappa shape index (κ1) is 10.6. The van der Waals surface area contributed by atoms with E-state index in [0.717, 1.165) is 37.9 Å². The monoisotopic (exact) mass is 242 g/mol. The molecule has 18 heavy (non-hydrogen) atoms. The van der Waals surface area contributed by atoms with Gasteiger partial charge in [0.05, 0.1) is 6.04 Å². The van der Waals surface area contributed by atoms with E-state index in [1.807, 2.05) is 0 Å². The van der Waals surface area contributed by atoms with Gasteiger partial charge in [0, 0.05) is 19.6 Å². The average molecular weight is 242 g/mol. The van der Waals surface area contributed by atoms with Gasteiger partial charge in [-0.3, -0.25) is 4.79 Å². The van der Waals surface area contributed by atoms with Crippen LogP contribution in [0.5, 0.6) is 0 Å². The molecule has 0 bridgehead atoms. The van der Waals surface area contributed by atoms with Crippen molar-refractivity contribution in [2.45, 2.75) is 25.4 Å². The van der Waals surface area contributed by atoms with Gasteiger partial charge in [-0.25, -0.2) is 0 Å². The van der Waals surface area contributed by atoms with Crippen LogP contribution in [-0.4, -0.2) is 29.9 Å². The molecule has 3 aliphatic rings. The maximum atomic E-state index is 12.4. The second kappa shape index (κ2) is 3.82. The molecule has 1 saturated heterocycles. The number of hydrogen-bond acceptors (Lipinski definition) is 2. The first-order valence-electron chi connectivity index (χ1n) is 6.90. The van der Waals surface area contributed by atoms with E-state index in [1.165, 1.54) is 17.5 Å². The summed E-state index contributed by atoms with van der Waals surface area (Å²) in [5, 5.41) is 3.39. The number of nitrogens with one attached hydrogen (secondary N) is 1. The number of carbonyl (C=O) groups excluding carboxylic acids is 1. The van der Waals surface area contributed by atoms with E-state index in [2.05, 4.69) is 34.5 Å². The fraction of sp³-hybridized carbons (Fsp3) is 0.533. The fourth-order valence-corrected chi connectivity index (χ4v) is 3.43. The van der Waals surface area contributed by atoms with Crippen molar-refractivity contribution in [1.82, 2.24) is 10.2 Å². The summed E-state index contributed by atoms with van der Waals surface area (Å²) in [5.41, 5.74) is 2.67. The zero-order valence-electron chi connectivity index (χ0n) is 10.4. The molecular weight excluding hydrogens is 224 g/mol. The standard InChI is InChI=1S/C15H18N2O/c18-15(17-8-12-5-13(12)9-17)14-6-10-3-1-2-4-11(10)7-16-14/h1-4,12-14,16H,5-9H2/t12-,13+,14-/m0/s1. The number of fused-ring (bicyclic) bond motifs is 2. The minimum absolute atomic E-state index is 0.00241. The Hall–Kier alpha value is -1.35. The molecule has 3 atom stereocenters. The lowest BCUT2D eigenvalue weighted by Crippen LogP contribution is -2.49. The summed E-state index contributed by atoms with van der Waals surface area (Å²) in [5.74, 6) is 1.96. The van der Waals surface area contributed by atoms with Gasteiger partial charge < -0.3 is 10.2 Å². The minimum Gasteiger partial charge on any atom is -0.341 e. The number of amides is 1. The highest BCUT2D eigenvalue weighted by atomic mass is 16.2. The minimum atomic E-state index is -0.00241. The first-order chi connectivity index (χ1) is 8.81. The summed E-state index contributed by atoms with van der Waals surface area (Å²) < 4.78 is 0. The number of carbonyl (C=O) groups is 1. The van der Waals surface area contributed by atoms with Crippen LogP contribution in [0.3, 0.4) is 0 Å². The quantitative estimate of drug-likeness (QED) is 0.802. The summed E-state index contributed by atoms with van der Waals surface area (Å²) in [4.78, 5) is 14.5. The van der Waals surface area contributed by atoms with Crippen molar-refractivity contribution in [3.8, 4) is 0 Å². The van der Waals surface area contributed by atoms with E-state index in [1.54, 1.807) is 0 Å². The third-order valence-electron chi connectivity index (χ3n) is 4.67. The third-order valence-corrected chi connectivity index (χ3v) is 4.67. The van der Waals surface area contributed by atoms with Crippen LogP contribution in [0, 0.1) is 11.8 Å². The number of hydrogen-bond donors (Lipinski definition) is 1. The zero-order chi connectivity index (χ0) is 12.1. The maximum absolute atomic E-state index is 12.4. The Morgan fingerprint density at radius 2 is 1.89 bits per heavy atom. The van der Waals surface area contributed by atoms with E-state index in [4.69, 9.17) is 0 Å². The van der Waals surface area contributed by atoms with Crippen LogP contribution in [0.2, 0.25) is 0 Å². The Bertz CT molecular complexity index is 489. The van der Waals surface area contributed by atoms with Gasteiger partial charge in [-0.2, -0.15) is 0 Å².